The third-order valence-electron chi connectivity index (χ3n) is 8.29. The standard InChI is InChI=1S/C31H23N5O/c1-30(16-24-21-11-4-5-14-25(21)31(30,18-32)27-23(24)13-7-15-33-27)28(37)36-29-34-17-26(35-29)22-12-6-9-19-8-2-3-10-20(19)22/h2-15,17,24H,16H2,1H3,(H2,34,35,36,37). The number of benzene rings is 3. The summed E-state index contributed by atoms with van der Waals surface area (Å²) in [4.78, 5) is 26.6. The molecule has 3 atom stereocenters. The number of nitrogens with one attached hydrogen (secondary N) is 2. The Morgan fingerprint density at radius 2 is 1.81 bits per heavy atom. The lowest BCUT2D eigenvalue weighted by atomic mass is 9.46. The van der Waals surface area contributed by atoms with Crippen LogP contribution < -0.4 is 5.32 Å². The highest BCUT2D eigenvalue weighted by atomic mass is 16.2. The molecule has 0 radical (unpaired) electrons. The van der Waals surface area contributed by atoms with Gasteiger partial charge in [0, 0.05) is 23.9 Å². The number of aromatic nitrogens is 3. The van der Waals surface area contributed by atoms with Gasteiger partial charge in [-0.3, -0.25) is 15.1 Å². The summed E-state index contributed by atoms with van der Waals surface area (Å²) >= 11 is 0. The molecule has 6 nitrogen and oxygen atoms in total. The van der Waals surface area contributed by atoms with E-state index >= 15 is 0 Å². The first-order valence-electron chi connectivity index (χ1n) is 12.4. The van der Waals surface area contributed by atoms with Crippen LogP contribution in [0.5, 0.6) is 0 Å². The highest BCUT2D eigenvalue weighted by Gasteiger charge is 2.65. The maximum absolute atomic E-state index is 14.1. The number of amides is 1. The molecule has 0 aliphatic heterocycles. The van der Waals surface area contributed by atoms with Crippen molar-refractivity contribution in [1.82, 2.24) is 15.0 Å². The second kappa shape index (κ2) is 7.62. The SMILES string of the molecule is CC1(C(=O)Nc2nc(-c3cccc4ccccc34)c[nH]2)CC2c3ccccc3C1(C#N)c1ncccc12. The van der Waals surface area contributed by atoms with Gasteiger partial charge in [0.1, 0.15) is 5.41 Å². The average molecular weight is 482 g/mol. The summed E-state index contributed by atoms with van der Waals surface area (Å²) < 4.78 is 0. The van der Waals surface area contributed by atoms with Crippen LogP contribution in [0.3, 0.4) is 0 Å². The molecule has 2 N–H and O–H groups in total. The van der Waals surface area contributed by atoms with E-state index in [-0.39, 0.29) is 11.8 Å². The fraction of sp³-hybridized carbons (Fsp3) is 0.161. The first-order chi connectivity index (χ1) is 18.1. The number of pyridine rings is 1. The minimum atomic E-state index is -1.20. The van der Waals surface area contributed by atoms with Gasteiger partial charge in [-0.1, -0.05) is 72.8 Å². The Morgan fingerprint density at radius 3 is 2.70 bits per heavy atom. The number of rotatable bonds is 3. The number of aromatic amines is 1. The number of anilines is 1. The van der Waals surface area contributed by atoms with E-state index in [1.54, 1.807) is 12.4 Å². The van der Waals surface area contributed by atoms with Gasteiger partial charge < -0.3 is 4.98 Å². The number of hydrogen-bond acceptors (Lipinski definition) is 4. The van der Waals surface area contributed by atoms with Crippen molar-refractivity contribution in [2.24, 2.45) is 5.41 Å². The predicted molar refractivity (Wildman–Crippen MR) is 142 cm³/mol. The van der Waals surface area contributed by atoms with Crippen molar-refractivity contribution in [3.05, 3.63) is 114 Å². The molecule has 2 aromatic heterocycles. The van der Waals surface area contributed by atoms with Crippen LogP contribution in [-0.2, 0) is 10.2 Å². The van der Waals surface area contributed by atoms with E-state index in [2.05, 4.69) is 45.6 Å². The minimum Gasteiger partial charge on any atom is -0.330 e. The molecule has 3 aliphatic carbocycles. The number of H-pyrrole nitrogens is 1. The van der Waals surface area contributed by atoms with Gasteiger partial charge in [0.05, 0.1) is 22.9 Å². The van der Waals surface area contributed by atoms with E-state index in [9.17, 15) is 10.1 Å². The second-order valence-electron chi connectivity index (χ2n) is 10.1. The normalized spacial score (nSPS) is 23.2. The monoisotopic (exact) mass is 481 g/mol. The number of nitriles is 1. The van der Waals surface area contributed by atoms with E-state index in [1.807, 2.05) is 61.5 Å². The molecular formula is C31H23N5O. The van der Waals surface area contributed by atoms with Crippen molar-refractivity contribution >= 4 is 22.6 Å². The maximum atomic E-state index is 14.1. The van der Waals surface area contributed by atoms with Crippen molar-refractivity contribution in [3.8, 4) is 17.3 Å². The Bertz CT molecular complexity index is 1710. The van der Waals surface area contributed by atoms with Crippen LogP contribution in [0.15, 0.2) is 91.3 Å². The zero-order valence-corrected chi connectivity index (χ0v) is 20.2. The summed E-state index contributed by atoms with van der Waals surface area (Å²) in [6.45, 7) is 1.89. The lowest BCUT2D eigenvalue weighted by molar-refractivity contribution is -0.128. The molecule has 0 fully saturated rings. The van der Waals surface area contributed by atoms with Gasteiger partial charge in [0.25, 0.3) is 0 Å². The van der Waals surface area contributed by atoms with Crippen molar-refractivity contribution in [2.45, 2.75) is 24.7 Å². The highest BCUT2D eigenvalue weighted by Crippen LogP contribution is 2.63. The minimum absolute atomic E-state index is 0.00581. The molecule has 3 aliphatic rings. The number of carbonyl (C=O) groups excluding carboxylic acids is 1. The first kappa shape index (κ1) is 21.5. The number of fused-ring (bicyclic) bond motifs is 2. The summed E-state index contributed by atoms with van der Waals surface area (Å²) in [6, 6.07) is 28.7. The van der Waals surface area contributed by atoms with Crippen LogP contribution >= 0.6 is 0 Å². The first-order valence-corrected chi connectivity index (χ1v) is 12.4. The smallest absolute Gasteiger partial charge is 0.235 e. The van der Waals surface area contributed by atoms with Crippen LogP contribution in [0.2, 0.25) is 0 Å². The Morgan fingerprint density at radius 1 is 1.03 bits per heavy atom. The predicted octanol–water partition coefficient (Wildman–Crippen LogP) is 5.93. The van der Waals surface area contributed by atoms with Crippen LogP contribution in [0.4, 0.5) is 5.95 Å². The van der Waals surface area contributed by atoms with Gasteiger partial charge >= 0.3 is 0 Å². The molecular weight excluding hydrogens is 458 g/mol. The van der Waals surface area contributed by atoms with E-state index in [1.165, 1.54) is 0 Å². The zero-order chi connectivity index (χ0) is 25.2. The van der Waals surface area contributed by atoms with Crippen molar-refractivity contribution in [1.29, 1.82) is 5.26 Å². The summed E-state index contributed by atoms with van der Waals surface area (Å²) in [6.07, 6.45) is 4.03. The third-order valence-corrected chi connectivity index (χ3v) is 8.29. The van der Waals surface area contributed by atoms with Crippen molar-refractivity contribution in [2.75, 3.05) is 5.32 Å². The molecule has 37 heavy (non-hydrogen) atoms. The number of hydrogen-bond donors (Lipinski definition) is 2. The van der Waals surface area contributed by atoms with E-state index in [4.69, 9.17) is 4.98 Å². The third kappa shape index (κ3) is 2.77. The summed E-state index contributed by atoms with van der Waals surface area (Å²) in [7, 11) is 0. The Labute approximate surface area is 214 Å². The van der Waals surface area contributed by atoms with Gasteiger partial charge in [0.15, 0.2) is 0 Å². The van der Waals surface area contributed by atoms with Gasteiger partial charge in [-0.2, -0.15) is 5.26 Å². The zero-order valence-electron chi connectivity index (χ0n) is 20.2. The quantitative estimate of drug-likeness (QED) is 0.334. The molecule has 0 saturated carbocycles. The molecule has 0 saturated heterocycles. The van der Waals surface area contributed by atoms with Crippen LogP contribution in [0, 0.1) is 16.7 Å². The van der Waals surface area contributed by atoms with Crippen molar-refractivity contribution < 1.29 is 4.79 Å². The highest BCUT2D eigenvalue weighted by molar-refractivity contribution is 5.99. The topological polar surface area (TPSA) is 94.5 Å². The number of imidazole rings is 1. The lowest BCUT2D eigenvalue weighted by Crippen LogP contribution is -2.58. The maximum Gasteiger partial charge on any atom is 0.235 e. The van der Waals surface area contributed by atoms with Crippen LogP contribution in [0.1, 0.15) is 41.6 Å². The van der Waals surface area contributed by atoms with E-state index in [0.29, 0.717) is 18.1 Å². The molecule has 6 heteroatoms. The second-order valence-corrected chi connectivity index (χ2v) is 10.1. The van der Waals surface area contributed by atoms with Crippen molar-refractivity contribution in [3.63, 3.8) is 0 Å². The fourth-order valence-electron chi connectivity index (χ4n) is 6.51. The lowest BCUT2D eigenvalue weighted by Gasteiger charge is -2.54. The molecule has 2 heterocycles. The fourth-order valence-corrected chi connectivity index (χ4v) is 6.51. The molecule has 1 amide bonds. The molecule has 2 bridgehead atoms. The van der Waals surface area contributed by atoms with E-state index < -0.39 is 10.8 Å². The van der Waals surface area contributed by atoms with Crippen LogP contribution in [0.25, 0.3) is 22.0 Å². The molecule has 5 aromatic rings. The summed E-state index contributed by atoms with van der Waals surface area (Å²) in [5.74, 6) is 0.107. The van der Waals surface area contributed by atoms with Crippen LogP contribution in [-0.4, -0.2) is 20.9 Å². The number of carbonyl (C=O) groups is 1. The molecule has 0 spiro atoms. The molecule has 178 valence electrons. The van der Waals surface area contributed by atoms with Gasteiger partial charge in [-0.15, -0.1) is 0 Å². The molecule has 8 rings (SSSR count). The Balaban J connectivity index is 1.30. The van der Waals surface area contributed by atoms with Gasteiger partial charge in [-0.25, -0.2) is 4.98 Å². The summed E-state index contributed by atoms with van der Waals surface area (Å²) in [5.41, 5.74) is 3.16. The Kier molecular flexibility index (Phi) is 4.43. The Hall–Kier alpha value is -4.76. The van der Waals surface area contributed by atoms with Gasteiger partial charge in [-0.05, 0) is 46.9 Å². The summed E-state index contributed by atoms with van der Waals surface area (Å²) in [5, 5.41) is 16.0. The number of nitrogens with zero attached hydrogens (tertiary/aromatic N) is 3. The molecule has 3 unspecified atom stereocenters. The van der Waals surface area contributed by atoms with Gasteiger partial charge in [0.2, 0.25) is 11.9 Å². The van der Waals surface area contributed by atoms with E-state index in [0.717, 1.165) is 38.7 Å². The largest absolute Gasteiger partial charge is 0.330 e. The average Bonchev–Trinajstić information content (AvgIpc) is 3.41. The molecule has 3 aromatic carbocycles.